The number of carboxylic acid groups (broad SMARTS) is 1. The van der Waals surface area contributed by atoms with E-state index in [1.165, 1.54) is 0 Å². The summed E-state index contributed by atoms with van der Waals surface area (Å²) in [5.74, 6) is -0.969. The second-order valence-corrected chi connectivity index (χ2v) is 5.91. The van der Waals surface area contributed by atoms with E-state index in [1.54, 1.807) is 11.9 Å². The average molecular weight is 275 g/mol. The van der Waals surface area contributed by atoms with Crippen molar-refractivity contribution in [2.75, 3.05) is 11.9 Å². The van der Waals surface area contributed by atoms with E-state index in [4.69, 9.17) is 0 Å². The lowest BCUT2D eigenvalue weighted by Crippen LogP contribution is -2.43. The minimum absolute atomic E-state index is 0.0891. The van der Waals surface area contributed by atoms with Crippen molar-refractivity contribution in [3.8, 4) is 0 Å². The zero-order valence-electron chi connectivity index (χ0n) is 12.3. The molecule has 0 bridgehead atoms. The Kier molecular flexibility index (Phi) is 3.84. The minimum Gasteiger partial charge on any atom is -0.481 e. The number of anilines is 1. The number of benzene rings is 1. The summed E-state index contributed by atoms with van der Waals surface area (Å²) in [4.78, 5) is 25.2. The SMILES string of the molecule is Cc1cc(C)cc(N(C)C(=O)CC2(C(=O)O)CCC2)c1. The summed E-state index contributed by atoms with van der Waals surface area (Å²) in [6, 6.07) is 5.94. The first-order valence-electron chi connectivity index (χ1n) is 6.92. The highest BCUT2D eigenvalue weighted by Gasteiger charge is 2.46. The van der Waals surface area contributed by atoms with Crippen LogP contribution in [0.2, 0.25) is 0 Å². The number of amides is 1. The molecule has 0 spiro atoms. The number of carboxylic acids is 1. The summed E-state index contributed by atoms with van der Waals surface area (Å²) in [6.07, 6.45) is 2.20. The van der Waals surface area contributed by atoms with Crippen LogP contribution in [0.25, 0.3) is 0 Å². The van der Waals surface area contributed by atoms with Crippen LogP contribution in [-0.2, 0) is 9.59 Å². The Morgan fingerprint density at radius 1 is 1.20 bits per heavy atom. The molecule has 1 aliphatic carbocycles. The van der Waals surface area contributed by atoms with Crippen molar-refractivity contribution in [1.29, 1.82) is 0 Å². The van der Waals surface area contributed by atoms with Gasteiger partial charge in [0.15, 0.2) is 0 Å². The third kappa shape index (κ3) is 2.69. The Bertz CT molecular complexity index is 526. The zero-order chi connectivity index (χ0) is 14.9. The van der Waals surface area contributed by atoms with Crippen LogP contribution in [0.3, 0.4) is 0 Å². The van der Waals surface area contributed by atoms with Crippen molar-refractivity contribution >= 4 is 17.6 Å². The molecule has 0 heterocycles. The molecule has 0 unspecified atom stereocenters. The standard InChI is InChI=1S/C16H21NO3/c1-11-7-12(2)9-13(8-11)17(3)14(18)10-16(15(19)20)5-4-6-16/h7-9H,4-6,10H2,1-3H3,(H,19,20). The highest BCUT2D eigenvalue weighted by Crippen LogP contribution is 2.44. The van der Waals surface area contributed by atoms with Crippen LogP contribution in [0.1, 0.15) is 36.8 Å². The third-order valence-corrected chi connectivity index (χ3v) is 4.22. The van der Waals surface area contributed by atoms with Crippen molar-refractivity contribution < 1.29 is 14.7 Å². The Hall–Kier alpha value is -1.84. The molecule has 20 heavy (non-hydrogen) atoms. The molecular formula is C16H21NO3. The number of aryl methyl sites for hydroxylation is 2. The van der Waals surface area contributed by atoms with Gasteiger partial charge in [-0.05, 0) is 49.9 Å². The van der Waals surface area contributed by atoms with Gasteiger partial charge in [0.25, 0.3) is 0 Å². The fourth-order valence-electron chi connectivity index (χ4n) is 2.77. The molecule has 2 rings (SSSR count). The number of carbonyl (C=O) groups excluding carboxylic acids is 1. The highest BCUT2D eigenvalue weighted by molar-refractivity contribution is 5.96. The Balaban J connectivity index is 2.14. The monoisotopic (exact) mass is 275 g/mol. The predicted octanol–water partition coefficient (Wildman–Crippen LogP) is 2.91. The molecule has 0 aromatic heterocycles. The van der Waals surface area contributed by atoms with Crippen molar-refractivity contribution in [1.82, 2.24) is 0 Å². The molecule has 1 aliphatic rings. The van der Waals surface area contributed by atoms with Crippen LogP contribution in [-0.4, -0.2) is 24.0 Å². The van der Waals surface area contributed by atoms with Crippen molar-refractivity contribution in [3.05, 3.63) is 29.3 Å². The topological polar surface area (TPSA) is 57.6 Å². The van der Waals surface area contributed by atoms with Crippen molar-refractivity contribution in [2.45, 2.75) is 39.5 Å². The van der Waals surface area contributed by atoms with E-state index < -0.39 is 11.4 Å². The molecule has 0 aliphatic heterocycles. The van der Waals surface area contributed by atoms with Gasteiger partial charge in [-0.2, -0.15) is 0 Å². The molecule has 1 saturated carbocycles. The predicted molar refractivity (Wildman–Crippen MR) is 77.9 cm³/mol. The van der Waals surface area contributed by atoms with Crippen LogP contribution in [0, 0.1) is 19.3 Å². The molecule has 1 fully saturated rings. The maximum atomic E-state index is 12.3. The first-order valence-corrected chi connectivity index (χ1v) is 6.92. The largest absolute Gasteiger partial charge is 0.481 e. The van der Waals surface area contributed by atoms with Gasteiger partial charge in [0.1, 0.15) is 0 Å². The lowest BCUT2D eigenvalue weighted by molar-refractivity contribution is -0.157. The normalized spacial score (nSPS) is 16.4. The zero-order valence-corrected chi connectivity index (χ0v) is 12.3. The average Bonchev–Trinajstić information content (AvgIpc) is 2.30. The van der Waals surface area contributed by atoms with Gasteiger partial charge in [-0.25, -0.2) is 0 Å². The summed E-state index contributed by atoms with van der Waals surface area (Å²) < 4.78 is 0. The minimum atomic E-state index is -0.842. The maximum Gasteiger partial charge on any atom is 0.310 e. The van der Waals surface area contributed by atoms with Gasteiger partial charge in [0.2, 0.25) is 5.91 Å². The van der Waals surface area contributed by atoms with E-state index in [9.17, 15) is 14.7 Å². The molecule has 0 radical (unpaired) electrons. The van der Waals surface area contributed by atoms with Crippen LogP contribution in [0.5, 0.6) is 0 Å². The number of aliphatic carboxylic acids is 1. The number of hydrogen-bond acceptors (Lipinski definition) is 2. The molecule has 108 valence electrons. The van der Waals surface area contributed by atoms with Crippen LogP contribution in [0.15, 0.2) is 18.2 Å². The molecule has 0 saturated heterocycles. The fraction of sp³-hybridized carbons (Fsp3) is 0.500. The molecular weight excluding hydrogens is 254 g/mol. The van der Waals surface area contributed by atoms with E-state index in [1.807, 2.05) is 32.0 Å². The molecule has 1 aromatic carbocycles. The Morgan fingerprint density at radius 2 is 1.75 bits per heavy atom. The number of carbonyl (C=O) groups is 2. The van der Waals surface area contributed by atoms with Gasteiger partial charge < -0.3 is 10.0 Å². The van der Waals surface area contributed by atoms with Gasteiger partial charge in [-0.1, -0.05) is 12.5 Å². The smallest absolute Gasteiger partial charge is 0.310 e. The van der Waals surface area contributed by atoms with Gasteiger partial charge in [0, 0.05) is 19.2 Å². The van der Waals surface area contributed by atoms with Crippen molar-refractivity contribution in [3.63, 3.8) is 0 Å². The summed E-state index contributed by atoms with van der Waals surface area (Å²) >= 11 is 0. The Labute approximate surface area is 119 Å². The van der Waals surface area contributed by atoms with E-state index in [0.717, 1.165) is 23.2 Å². The second kappa shape index (κ2) is 5.27. The summed E-state index contributed by atoms with van der Waals surface area (Å²) in [6.45, 7) is 3.97. The lowest BCUT2D eigenvalue weighted by atomic mass is 9.66. The maximum absolute atomic E-state index is 12.3. The lowest BCUT2D eigenvalue weighted by Gasteiger charge is -2.38. The number of rotatable bonds is 4. The highest BCUT2D eigenvalue weighted by atomic mass is 16.4. The van der Waals surface area contributed by atoms with Crippen LogP contribution in [0.4, 0.5) is 5.69 Å². The van der Waals surface area contributed by atoms with E-state index in [2.05, 4.69) is 0 Å². The fourth-order valence-corrected chi connectivity index (χ4v) is 2.77. The Morgan fingerprint density at radius 3 is 2.15 bits per heavy atom. The number of nitrogens with zero attached hydrogens (tertiary/aromatic N) is 1. The number of hydrogen-bond donors (Lipinski definition) is 1. The first-order chi connectivity index (χ1) is 9.34. The summed E-state index contributed by atoms with van der Waals surface area (Å²) in [7, 11) is 1.71. The van der Waals surface area contributed by atoms with Crippen LogP contribution >= 0.6 is 0 Å². The van der Waals surface area contributed by atoms with Gasteiger partial charge in [0.05, 0.1) is 5.41 Å². The van der Waals surface area contributed by atoms with Gasteiger partial charge in [-0.15, -0.1) is 0 Å². The molecule has 1 N–H and O–H groups in total. The van der Waals surface area contributed by atoms with Gasteiger partial charge in [-0.3, -0.25) is 9.59 Å². The first kappa shape index (κ1) is 14.6. The molecule has 1 amide bonds. The summed E-state index contributed by atoms with van der Waals surface area (Å²) in [5, 5.41) is 9.30. The quantitative estimate of drug-likeness (QED) is 0.919. The van der Waals surface area contributed by atoms with E-state index >= 15 is 0 Å². The second-order valence-electron chi connectivity index (χ2n) is 5.91. The van der Waals surface area contributed by atoms with Crippen LogP contribution < -0.4 is 4.90 Å². The van der Waals surface area contributed by atoms with E-state index in [0.29, 0.717) is 12.8 Å². The van der Waals surface area contributed by atoms with Gasteiger partial charge >= 0.3 is 5.97 Å². The van der Waals surface area contributed by atoms with E-state index in [-0.39, 0.29) is 12.3 Å². The molecule has 4 heteroatoms. The molecule has 0 atom stereocenters. The molecule has 4 nitrogen and oxygen atoms in total. The van der Waals surface area contributed by atoms with Crippen molar-refractivity contribution in [2.24, 2.45) is 5.41 Å². The summed E-state index contributed by atoms with van der Waals surface area (Å²) in [5.41, 5.74) is 2.18. The third-order valence-electron chi connectivity index (χ3n) is 4.22. The molecule has 1 aromatic rings.